The minimum Gasteiger partial charge on any atom is -0.497 e. The first kappa shape index (κ1) is 15.6. The minimum absolute atomic E-state index is 0.0601. The molecule has 2 aromatic carbocycles. The number of fused-ring (bicyclic) bond motifs is 1. The van der Waals surface area contributed by atoms with Crippen LogP contribution in [0.4, 0.5) is 5.69 Å². The van der Waals surface area contributed by atoms with Crippen molar-refractivity contribution in [3.63, 3.8) is 0 Å². The van der Waals surface area contributed by atoms with Crippen molar-refractivity contribution in [2.75, 3.05) is 12.4 Å². The Hall–Kier alpha value is -2.33. The maximum absolute atomic E-state index is 12.0. The number of hydrogen-bond acceptors (Lipinski definition) is 3. The fraction of sp³-hybridized carbons (Fsp3) is 0.316. The number of methoxy groups -OCH3 is 1. The van der Waals surface area contributed by atoms with E-state index in [1.165, 1.54) is 0 Å². The Morgan fingerprint density at radius 2 is 1.91 bits per heavy atom. The van der Waals surface area contributed by atoms with Gasteiger partial charge in [-0.05, 0) is 47.7 Å². The quantitative estimate of drug-likeness (QED) is 0.910. The Kier molecular flexibility index (Phi) is 4.09. The Labute approximate surface area is 136 Å². The fourth-order valence-corrected chi connectivity index (χ4v) is 3.08. The van der Waals surface area contributed by atoms with Crippen LogP contribution in [0.3, 0.4) is 0 Å². The van der Waals surface area contributed by atoms with Gasteiger partial charge in [0.1, 0.15) is 5.75 Å². The summed E-state index contributed by atoms with van der Waals surface area (Å²) < 4.78 is 5.19. The van der Waals surface area contributed by atoms with Gasteiger partial charge in [-0.3, -0.25) is 4.79 Å². The van der Waals surface area contributed by atoms with Crippen molar-refractivity contribution in [1.82, 2.24) is 0 Å². The van der Waals surface area contributed by atoms with E-state index in [1.807, 2.05) is 31.2 Å². The molecule has 0 radical (unpaired) electrons. The molecule has 1 aliphatic rings. The SMILES string of the molecule is CCc1cc(C(N)c2ccc(OC)cc2)cc2c1NC(=O)C2C. The van der Waals surface area contributed by atoms with Crippen LogP contribution in [-0.2, 0) is 11.2 Å². The van der Waals surface area contributed by atoms with Crippen LogP contribution in [0.1, 0.15) is 48.1 Å². The molecule has 0 aliphatic carbocycles. The monoisotopic (exact) mass is 310 g/mol. The number of nitrogens with two attached hydrogens (primary N) is 1. The number of benzene rings is 2. The van der Waals surface area contributed by atoms with Crippen LogP contribution in [0.15, 0.2) is 36.4 Å². The third-order valence-electron chi connectivity index (χ3n) is 4.60. The van der Waals surface area contributed by atoms with E-state index in [1.54, 1.807) is 7.11 Å². The Morgan fingerprint density at radius 1 is 1.22 bits per heavy atom. The molecule has 2 aromatic rings. The molecule has 4 nitrogen and oxygen atoms in total. The summed E-state index contributed by atoms with van der Waals surface area (Å²) in [5.74, 6) is 0.746. The normalized spacial score (nSPS) is 17.6. The molecule has 0 aromatic heterocycles. The Balaban J connectivity index is 2.01. The maximum atomic E-state index is 12.0. The van der Waals surface area contributed by atoms with E-state index in [4.69, 9.17) is 10.5 Å². The second kappa shape index (κ2) is 6.05. The topological polar surface area (TPSA) is 64.3 Å². The number of amides is 1. The summed E-state index contributed by atoms with van der Waals surface area (Å²) in [4.78, 5) is 12.0. The molecular formula is C19H22N2O2. The summed E-state index contributed by atoms with van der Waals surface area (Å²) in [7, 11) is 1.65. The lowest BCUT2D eigenvalue weighted by molar-refractivity contribution is -0.116. The summed E-state index contributed by atoms with van der Waals surface area (Å²) in [6.07, 6.45) is 0.860. The number of carbonyl (C=O) groups excluding carboxylic acids is 1. The number of hydrogen-bond donors (Lipinski definition) is 2. The van der Waals surface area contributed by atoms with E-state index in [-0.39, 0.29) is 17.9 Å². The van der Waals surface area contributed by atoms with Gasteiger partial charge in [0.25, 0.3) is 0 Å². The molecule has 0 fully saturated rings. The van der Waals surface area contributed by atoms with Gasteiger partial charge in [-0.2, -0.15) is 0 Å². The zero-order valence-electron chi connectivity index (χ0n) is 13.7. The number of anilines is 1. The second-order valence-corrected chi connectivity index (χ2v) is 5.96. The highest BCUT2D eigenvalue weighted by atomic mass is 16.5. The molecule has 3 N–H and O–H groups in total. The Morgan fingerprint density at radius 3 is 2.52 bits per heavy atom. The predicted octanol–water partition coefficient (Wildman–Crippen LogP) is 3.36. The van der Waals surface area contributed by atoms with Crippen LogP contribution in [0.2, 0.25) is 0 Å². The molecule has 0 spiro atoms. The molecule has 1 amide bonds. The highest BCUT2D eigenvalue weighted by Crippen LogP contribution is 2.38. The molecule has 1 heterocycles. The third kappa shape index (κ3) is 2.70. The number of rotatable bonds is 4. The first-order valence-corrected chi connectivity index (χ1v) is 7.92. The lowest BCUT2D eigenvalue weighted by atomic mass is 9.91. The van der Waals surface area contributed by atoms with Crippen molar-refractivity contribution < 1.29 is 9.53 Å². The van der Waals surface area contributed by atoms with E-state index in [0.717, 1.165) is 40.1 Å². The second-order valence-electron chi connectivity index (χ2n) is 5.96. The van der Waals surface area contributed by atoms with Crippen LogP contribution in [0, 0.1) is 0 Å². The molecule has 2 atom stereocenters. The molecule has 2 unspecified atom stereocenters. The van der Waals surface area contributed by atoms with E-state index >= 15 is 0 Å². The van der Waals surface area contributed by atoms with Gasteiger partial charge in [0, 0.05) is 5.69 Å². The van der Waals surface area contributed by atoms with Crippen LogP contribution in [-0.4, -0.2) is 13.0 Å². The highest BCUT2D eigenvalue weighted by molar-refractivity contribution is 6.03. The van der Waals surface area contributed by atoms with Crippen molar-refractivity contribution in [2.24, 2.45) is 5.73 Å². The number of ether oxygens (including phenoxy) is 1. The van der Waals surface area contributed by atoms with Crippen molar-refractivity contribution in [1.29, 1.82) is 0 Å². The van der Waals surface area contributed by atoms with Crippen molar-refractivity contribution in [2.45, 2.75) is 32.2 Å². The van der Waals surface area contributed by atoms with Gasteiger partial charge in [-0.15, -0.1) is 0 Å². The summed E-state index contributed by atoms with van der Waals surface area (Å²) >= 11 is 0. The number of aryl methyl sites for hydroxylation is 1. The molecule has 0 saturated heterocycles. The van der Waals surface area contributed by atoms with Crippen molar-refractivity contribution in [3.05, 3.63) is 58.7 Å². The van der Waals surface area contributed by atoms with Gasteiger partial charge in [0.05, 0.1) is 19.1 Å². The van der Waals surface area contributed by atoms with E-state index in [9.17, 15) is 4.79 Å². The molecule has 3 rings (SSSR count). The zero-order chi connectivity index (χ0) is 16.6. The molecule has 120 valence electrons. The average molecular weight is 310 g/mol. The fourth-order valence-electron chi connectivity index (χ4n) is 3.08. The molecule has 23 heavy (non-hydrogen) atoms. The van der Waals surface area contributed by atoms with Crippen molar-refractivity contribution >= 4 is 11.6 Å². The molecule has 0 saturated carbocycles. The summed E-state index contributed by atoms with van der Waals surface area (Å²) in [6, 6.07) is 11.7. The maximum Gasteiger partial charge on any atom is 0.231 e. The summed E-state index contributed by atoms with van der Waals surface area (Å²) in [5, 5.41) is 2.99. The van der Waals surface area contributed by atoms with Crippen LogP contribution >= 0.6 is 0 Å². The van der Waals surface area contributed by atoms with Gasteiger partial charge >= 0.3 is 0 Å². The Bertz CT molecular complexity index is 738. The average Bonchev–Trinajstić information content (AvgIpc) is 2.88. The largest absolute Gasteiger partial charge is 0.497 e. The van der Waals surface area contributed by atoms with E-state index in [0.29, 0.717) is 0 Å². The lowest BCUT2D eigenvalue weighted by Crippen LogP contribution is -2.13. The van der Waals surface area contributed by atoms with E-state index < -0.39 is 0 Å². The van der Waals surface area contributed by atoms with Crippen LogP contribution in [0.5, 0.6) is 5.75 Å². The molecule has 1 aliphatic heterocycles. The minimum atomic E-state index is -0.223. The number of nitrogens with one attached hydrogen (secondary N) is 1. The van der Waals surface area contributed by atoms with E-state index in [2.05, 4.69) is 24.4 Å². The molecule has 4 heteroatoms. The van der Waals surface area contributed by atoms with Gasteiger partial charge < -0.3 is 15.8 Å². The standard InChI is InChI=1S/C19H22N2O2/c1-4-12-9-14(10-16-11(2)19(22)21-18(12)16)17(20)13-5-7-15(23-3)8-6-13/h5-11,17H,4,20H2,1-3H3,(H,21,22). The van der Waals surface area contributed by atoms with Crippen LogP contribution < -0.4 is 15.8 Å². The summed E-state index contributed by atoms with van der Waals surface area (Å²) in [6.45, 7) is 4.02. The van der Waals surface area contributed by atoms with Gasteiger partial charge in [-0.25, -0.2) is 0 Å². The predicted molar refractivity (Wildman–Crippen MR) is 91.9 cm³/mol. The van der Waals surface area contributed by atoms with Crippen LogP contribution in [0.25, 0.3) is 0 Å². The lowest BCUT2D eigenvalue weighted by Gasteiger charge is -2.17. The first-order valence-electron chi connectivity index (χ1n) is 7.92. The van der Waals surface area contributed by atoms with Crippen molar-refractivity contribution in [3.8, 4) is 5.75 Å². The molecule has 0 bridgehead atoms. The number of carbonyl (C=O) groups is 1. The highest BCUT2D eigenvalue weighted by Gasteiger charge is 2.29. The first-order chi connectivity index (χ1) is 11.0. The van der Waals surface area contributed by atoms with Gasteiger partial charge in [0.15, 0.2) is 0 Å². The zero-order valence-corrected chi connectivity index (χ0v) is 13.7. The van der Waals surface area contributed by atoms with Gasteiger partial charge in [0.2, 0.25) is 5.91 Å². The summed E-state index contributed by atoms with van der Waals surface area (Å²) in [5.41, 5.74) is 11.7. The third-order valence-corrected chi connectivity index (χ3v) is 4.60. The smallest absolute Gasteiger partial charge is 0.231 e. The molecular weight excluding hydrogens is 288 g/mol. The van der Waals surface area contributed by atoms with Gasteiger partial charge in [-0.1, -0.05) is 31.2 Å².